The van der Waals surface area contributed by atoms with E-state index in [1.165, 1.54) is 33.0 Å². The highest BCUT2D eigenvalue weighted by molar-refractivity contribution is 9.10. The van der Waals surface area contributed by atoms with Gasteiger partial charge < -0.3 is 9.64 Å². The summed E-state index contributed by atoms with van der Waals surface area (Å²) in [6.45, 7) is 4.50. The van der Waals surface area contributed by atoms with Gasteiger partial charge in [0.05, 0.1) is 11.2 Å². The predicted octanol–water partition coefficient (Wildman–Crippen LogP) is 10.8. The molecule has 1 saturated heterocycles. The number of hydrogen-bond donors (Lipinski definition) is 0. The number of halogens is 2. The number of hydrogen-bond acceptors (Lipinski definition) is 2. The van der Waals surface area contributed by atoms with Gasteiger partial charge in [0.2, 0.25) is 0 Å². The van der Waals surface area contributed by atoms with Gasteiger partial charge in [0.1, 0.15) is 0 Å². The normalized spacial score (nSPS) is 21.6. The summed E-state index contributed by atoms with van der Waals surface area (Å²) in [4.78, 5) is 2.33. The highest BCUT2D eigenvalue weighted by atomic mass is 79.9. The first-order valence-corrected chi connectivity index (χ1v) is 14.6. The molecule has 4 heteroatoms. The summed E-state index contributed by atoms with van der Waals surface area (Å²) in [5.41, 5.74) is 8.14. The molecule has 2 atom stereocenters. The van der Waals surface area contributed by atoms with E-state index in [1.54, 1.807) is 0 Å². The number of fused-ring (bicyclic) bond motifs is 6. The van der Waals surface area contributed by atoms with E-state index in [2.05, 4.69) is 154 Å². The van der Waals surface area contributed by atoms with Crippen molar-refractivity contribution in [3.8, 4) is 11.1 Å². The lowest BCUT2D eigenvalue weighted by molar-refractivity contribution is -0.0662. The van der Waals surface area contributed by atoms with Crippen molar-refractivity contribution in [2.45, 2.75) is 37.9 Å². The Labute approximate surface area is 240 Å². The van der Waals surface area contributed by atoms with Crippen LogP contribution in [-0.2, 0) is 15.9 Å². The molecule has 5 aromatic carbocycles. The van der Waals surface area contributed by atoms with Crippen LogP contribution in [0.4, 0.5) is 17.1 Å². The summed E-state index contributed by atoms with van der Waals surface area (Å²) >= 11 is 7.21. The number of rotatable bonds is 4. The van der Waals surface area contributed by atoms with E-state index in [0.29, 0.717) is 0 Å². The number of ether oxygens (including phenoxy) is 1. The second-order valence-electron chi connectivity index (χ2n) is 10.8. The van der Waals surface area contributed by atoms with Crippen LogP contribution in [0.2, 0.25) is 0 Å². The van der Waals surface area contributed by atoms with Crippen molar-refractivity contribution in [2.75, 3.05) is 4.90 Å². The SMILES string of the molecule is CC12CCC(C)(O1)c1cc(-c3cc(N(c4ccc(Br)cc4)c4ccc(Br)cc4)cc4ccccc34)ccc12. The van der Waals surface area contributed by atoms with E-state index in [1.807, 2.05) is 0 Å². The van der Waals surface area contributed by atoms with Gasteiger partial charge in [-0.1, -0.05) is 68.3 Å². The molecule has 0 amide bonds. The fourth-order valence-electron chi connectivity index (χ4n) is 6.36. The van der Waals surface area contributed by atoms with Crippen LogP contribution >= 0.6 is 31.9 Å². The maximum absolute atomic E-state index is 6.58. The molecular weight excluding hydrogens is 598 g/mol. The molecule has 188 valence electrons. The molecule has 0 N–H and O–H groups in total. The highest BCUT2D eigenvalue weighted by Crippen LogP contribution is 2.58. The lowest BCUT2D eigenvalue weighted by Gasteiger charge is -2.27. The van der Waals surface area contributed by atoms with Gasteiger partial charge in [0.25, 0.3) is 0 Å². The Kier molecular flexibility index (Phi) is 5.59. The van der Waals surface area contributed by atoms with Crippen molar-refractivity contribution >= 4 is 59.7 Å². The molecule has 2 unspecified atom stereocenters. The lowest BCUT2D eigenvalue weighted by Crippen LogP contribution is -2.17. The number of nitrogens with zero attached hydrogens (tertiary/aromatic N) is 1. The van der Waals surface area contributed by atoms with Crippen LogP contribution in [0.25, 0.3) is 21.9 Å². The Bertz CT molecular complexity index is 1650. The third-order valence-corrected chi connectivity index (χ3v) is 9.33. The van der Waals surface area contributed by atoms with Crippen molar-refractivity contribution in [2.24, 2.45) is 0 Å². The summed E-state index contributed by atoms with van der Waals surface area (Å²) in [5.74, 6) is 0. The van der Waals surface area contributed by atoms with Crippen LogP contribution in [0.1, 0.15) is 37.8 Å². The third kappa shape index (κ3) is 3.85. The first-order valence-electron chi connectivity index (χ1n) is 13.0. The quantitative estimate of drug-likeness (QED) is 0.197. The van der Waals surface area contributed by atoms with E-state index in [9.17, 15) is 0 Å². The van der Waals surface area contributed by atoms with Gasteiger partial charge in [0, 0.05) is 26.0 Å². The zero-order valence-electron chi connectivity index (χ0n) is 21.3. The van der Waals surface area contributed by atoms with Crippen molar-refractivity contribution in [1.82, 2.24) is 0 Å². The van der Waals surface area contributed by atoms with Gasteiger partial charge in [-0.05, 0) is 126 Å². The van der Waals surface area contributed by atoms with Crippen LogP contribution in [0.5, 0.6) is 0 Å². The molecular formula is C34H27Br2NO. The van der Waals surface area contributed by atoms with E-state index >= 15 is 0 Å². The molecule has 2 heterocycles. The van der Waals surface area contributed by atoms with E-state index < -0.39 is 0 Å². The van der Waals surface area contributed by atoms with Gasteiger partial charge in [-0.3, -0.25) is 0 Å². The minimum atomic E-state index is -0.200. The molecule has 2 aliphatic heterocycles. The average molecular weight is 625 g/mol. The molecule has 7 rings (SSSR count). The summed E-state index contributed by atoms with van der Waals surface area (Å²) in [7, 11) is 0. The zero-order chi connectivity index (χ0) is 26.1. The molecule has 0 aromatic heterocycles. The average Bonchev–Trinajstić information content (AvgIpc) is 3.37. The monoisotopic (exact) mass is 623 g/mol. The van der Waals surface area contributed by atoms with Crippen molar-refractivity contribution in [1.29, 1.82) is 0 Å². The van der Waals surface area contributed by atoms with Gasteiger partial charge in [-0.25, -0.2) is 0 Å². The van der Waals surface area contributed by atoms with Gasteiger partial charge >= 0.3 is 0 Å². The van der Waals surface area contributed by atoms with E-state index in [4.69, 9.17) is 4.74 Å². The molecule has 0 spiro atoms. The highest BCUT2D eigenvalue weighted by Gasteiger charge is 2.54. The first-order chi connectivity index (χ1) is 18.3. The summed E-state index contributed by atoms with van der Waals surface area (Å²) in [6, 6.07) is 37.3. The molecule has 5 aromatic rings. The first kappa shape index (κ1) is 24.1. The Hall–Kier alpha value is -2.92. The Morgan fingerprint density at radius 1 is 0.632 bits per heavy atom. The Morgan fingerprint density at radius 2 is 1.24 bits per heavy atom. The second kappa shape index (κ2) is 8.81. The van der Waals surface area contributed by atoms with Crippen molar-refractivity contribution in [3.05, 3.63) is 123 Å². The topological polar surface area (TPSA) is 12.5 Å². The number of anilines is 3. The van der Waals surface area contributed by atoms with Gasteiger partial charge in [-0.15, -0.1) is 0 Å². The Balaban J connectivity index is 1.45. The lowest BCUT2D eigenvalue weighted by atomic mass is 9.77. The van der Waals surface area contributed by atoms with Crippen LogP contribution in [0.15, 0.2) is 112 Å². The van der Waals surface area contributed by atoms with Gasteiger partial charge in [-0.2, -0.15) is 0 Å². The van der Waals surface area contributed by atoms with Crippen molar-refractivity contribution < 1.29 is 4.74 Å². The molecule has 2 bridgehead atoms. The molecule has 0 aliphatic carbocycles. The minimum Gasteiger partial charge on any atom is -0.360 e. The fraction of sp³-hybridized carbons (Fsp3) is 0.176. The predicted molar refractivity (Wildman–Crippen MR) is 164 cm³/mol. The second-order valence-corrected chi connectivity index (χ2v) is 12.7. The minimum absolute atomic E-state index is 0.160. The standard InChI is InChI=1S/C34H27Br2NO/c1-33-17-18-34(2,38-33)32-20-23(7-16-31(32)33)30-21-28(19-22-5-3-4-6-29(22)30)37(26-12-8-24(35)9-13-26)27-14-10-25(36)11-15-27/h3-16,19-21H,17-18H2,1-2H3. The van der Waals surface area contributed by atoms with Gasteiger partial charge in [0.15, 0.2) is 0 Å². The fourth-order valence-corrected chi connectivity index (χ4v) is 6.88. The summed E-state index contributed by atoms with van der Waals surface area (Å²) in [6.07, 6.45) is 2.16. The van der Waals surface area contributed by atoms with E-state index in [-0.39, 0.29) is 11.2 Å². The largest absolute Gasteiger partial charge is 0.360 e. The van der Waals surface area contributed by atoms with Crippen LogP contribution < -0.4 is 4.90 Å². The molecule has 2 nitrogen and oxygen atoms in total. The zero-order valence-corrected chi connectivity index (χ0v) is 24.5. The smallest absolute Gasteiger partial charge is 0.0920 e. The van der Waals surface area contributed by atoms with Crippen LogP contribution in [0.3, 0.4) is 0 Å². The molecule has 0 saturated carbocycles. The third-order valence-electron chi connectivity index (χ3n) is 8.27. The molecule has 0 radical (unpaired) electrons. The maximum atomic E-state index is 6.58. The number of benzene rings is 5. The van der Waals surface area contributed by atoms with E-state index in [0.717, 1.165) is 38.8 Å². The Morgan fingerprint density at radius 3 is 1.89 bits per heavy atom. The molecule has 2 aliphatic rings. The van der Waals surface area contributed by atoms with Crippen molar-refractivity contribution in [3.63, 3.8) is 0 Å². The molecule has 38 heavy (non-hydrogen) atoms. The van der Waals surface area contributed by atoms with Crippen LogP contribution in [0, 0.1) is 0 Å². The molecule has 1 fully saturated rings. The van der Waals surface area contributed by atoms with Crippen LogP contribution in [-0.4, -0.2) is 0 Å². The summed E-state index contributed by atoms with van der Waals surface area (Å²) in [5, 5.41) is 2.47. The maximum Gasteiger partial charge on any atom is 0.0920 e. The summed E-state index contributed by atoms with van der Waals surface area (Å²) < 4.78 is 8.70.